The number of aliphatic hydroxyl groups is 1. The van der Waals surface area contributed by atoms with Gasteiger partial charge in [-0.05, 0) is 51.1 Å². The first-order valence-corrected chi connectivity index (χ1v) is 7.44. The second-order valence-electron chi connectivity index (χ2n) is 6.13. The van der Waals surface area contributed by atoms with E-state index in [1.54, 1.807) is 0 Å². The van der Waals surface area contributed by atoms with Crippen LogP contribution in [0.3, 0.4) is 0 Å². The topological polar surface area (TPSA) is 23.5 Å². The number of nitrogens with zero attached hydrogens (tertiary/aromatic N) is 1. The van der Waals surface area contributed by atoms with Crippen LogP contribution in [0, 0.1) is 11.8 Å². The normalized spacial score (nSPS) is 30.2. The molecule has 3 atom stereocenters. The zero-order valence-corrected chi connectivity index (χ0v) is 12.2. The van der Waals surface area contributed by atoms with E-state index < -0.39 is 0 Å². The van der Waals surface area contributed by atoms with Gasteiger partial charge in [-0.3, -0.25) is 0 Å². The molecule has 0 saturated heterocycles. The summed E-state index contributed by atoms with van der Waals surface area (Å²) in [6, 6.07) is 0.593. The lowest BCUT2D eigenvalue weighted by Gasteiger charge is -2.42. The molecule has 17 heavy (non-hydrogen) atoms. The largest absolute Gasteiger partial charge is 0.393 e. The van der Waals surface area contributed by atoms with Crippen LogP contribution in [0.15, 0.2) is 0 Å². The third-order valence-electron chi connectivity index (χ3n) is 4.38. The van der Waals surface area contributed by atoms with Gasteiger partial charge >= 0.3 is 0 Å². The quantitative estimate of drug-likeness (QED) is 0.721. The molecule has 0 aromatic heterocycles. The van der Waals surface area contributed by atoms with Crippen molar-refractivity contribution in [1.29, 1.82) is 0 Å². The molecule has 1 N–H and O–H groups in total. The summed E-state index contributed by atoms with van der Waals surface area (Å²) in [5.41, 5.74) is 0. The first kappa shape index (κ1) is 15.0. The van der Waals surface area contributed by atoms with Gasteiger partial charge in [0.05, 0.1) is 6.10 Å². The monoisotopic (exact) mass is 241 g/mol. The molecule has 1 aliphatic carbocycles. The molecule has 0 aromatic rings. The van der Waals surface area contributed by atoms with Crippen LogP contribution in [0.5, 0.6) is 0 Å². The summed E-state index contributed by atoms with van der Waals surface area (Å²) in [5.74, 6) is 1.51. The minimum absolute atomic E-state index is 0.0661. The van der Waals surface area contributed by atoms with Gasteiger partial charge in [-0.15, -0.1) is 0 Å². The van der Waals surface area contributed by atoms with Crippen molar-refractivity contribution in [2.24, 2.45) is 11.8 Å². The Labute approximate surface area is 107 Å². The number of rotatable bonds is 6. The minimum atomic E-state index is -0.0661. The summed E-state index contributed by atoms with van der Waals surface area (Å²) < 4.78 is 0. The van der Waals surface area contributed by atoms with E-state index in [0.717, 1.165) is 24.7 Å². The van der Waals surface area contributed by atoms with Gasteiger partial charge < -0.3 is 10.0 Å². The van der Waals surface area contributed by atoms with Gasteiger partial charge in [0.15, 0.2) is 0 Å². The molecule has 102 valence electrons. The van der Waals surface area contributed by atoms with E-state index in [-0.39, 0.29) is 6.10 Å². The highest BCUT2D eigenvalue weighted by atomic mass is 16.3. The van der Waals surface area contributed by atoms with Gasteiger partial charge in [-0.2, -0.15) is 0 Å². The third kappa shape index (κ3) is 4.59. The first-order valence-electron chi connectivity index (χ1n) is 7.44. The fraction of sp³-hybridized carbons (Fsp3) is 1.00. The second-order valence-corrected chi connectivity index (χ2v) is 6.13. The van der Waals surface area contributed by atoms with Crippen LogP contribution in [-0.4, -0.2) is 35.7 Å². The van der Waals surface area contributed by atoms with Crippen LogP contribution in [0.25, 0.3) is 0 Å². The Morgan fingerprint density at radius 1 is 1.24 bits per heavy atom. The molecule has 0 spiro atoms. The Balaban J connectivity index is 2.49. The van der Waals surface area contributed by atoms with Crippen molar-refractivity contribution < 1.29 is 5.11 Å². The molecule has 0 radical (unpaired) electrons. The van der Waals surface area contributed by atoms with Crippen molar-refractivity contribution in [2.45, 2.75) is 71.4 Å². The number of unbranched alkanes of at least 4 members (excludes halogenated alkanes) is 2. The SMILES string of the molecule is CCCCCN(C)C1CC(O)CCC1C(C)C. The Hall–Kier alpha value is -0.0800. The summed E-state index contributed by atoms with van der Waals surface area (Å²) in [4.78, 5) is 2.50. The Morgan fingerprint density at radius 3 is 2.53 bits per heavy atom. The highest BCUT2D eigenvalue weighted by Gasteiger charge is 2.33. The van der Waals surface area contributed by atoms with Crippen LogP contribution in [0.1, 0.15) is 59.3 Å². The highest BCUT2D eigenvalue weighted by Crippen LogP contribution is 2.33. The molecule has 0 aliphatic heterocycles. The average Bonchev–Trinajstić information content (AvgIpc) is 2.28. The maximum atomic E-state index is 9.87. The molecule has 3 unspecified atom stereocenters. The lowest BCUT2D eigenvalue weighted by Crippen LogP contribution is -2.45. The zero-order valence-electron chi connectivity index (χ0n) is 12.2. The molecule has 2 heteroatoms. The van der Waals surface area contributed by atoms with Crippen molar-refractivity contribution in [2.75, 3.05) is 13.6 Å². The lowest BCUT2D eigenvalue weighted by atomic mass is 9.76. The van der Waals surface area contributed by atoms with Gasteiger partial charge in [0.2, 0.25) is 0 Å². The fourth-order valence-electron chi connectivity index (χ4n) is 3.21. The molecular weight excluding hydrogens is 210 g/mol. The summed E-state index contributed by atoms with van der Waals surface area (Å²) in [5, 5.41) is 9.87. The summed E-state index contributed by atoms with van der Waals surface area (Å²) in [6.07, 6.45) is 7.02. The predicted molar refractivity (Wildman–Crippen MR) is 74.1 cm³/mol. The van der Waals surface area contributed by atoms with E-state index in [9.17, 15) is 5.11 Å². The van der Waals surface area contributed by atoms with E-state index in [1.165, 1.54) is 32.2 Å². The smallest absolute Gasteiger partial charge is 0.0555 e. The Bertz CT molecular complexity index is 205. The Morgan fingerprint density at radius 2 is 1.94 bits per heavy atom. The van der Waals surface area contributed by atoms with Gasteiger partial charge in [0, 0.05) is 6.04 Å². The van der Waals surface area contributed by atoms with E-state index >= 15 is 0 Å². The molecule has 0 aromatic carbocycles. The molecular formula is C15H31NO. The molecule has 1 saturated carbocycles. The van der Waals surface area contributed by atoms with Crippen LogP contribution < -0.4 is 0 Å². The predicted octanol–water partition coefficient (Wildman–Crippen LogP) is 3.29. The molecule has 0 bridgehead atoms. The third-order valence-corrected chi connectivity index (χ3v) is 4.38. The maximum Gasteiger partial charge on any atom is 0.0555 e. The van der Waals surface area contributed by atoms with Crippen molar-refractivity contribution in [3.63, 3.8) is 0 Å². The zero-order chi connectivity index (χ0) is 12.8. The van der Waals surface area contributed by atoms with Crippen molar-refractivity contribution in [3.05, 3.63) is 0 Å². The van der Waals surface area contributed by atoms with Crippen LogP contribution in [0.2, 0.25) is 0 Å². The minimum Gasteiger partial charge on any atom is -0.393 e. The molecule has 1 rings (SSSR count). The van der Waals surface area contributed by atoms with Crippen molar-refractivity contribution in [1.82, 2.24) is 4.90 Å². The summed E-state index contributed by atoms with van der Waals surface area (Å²) >= 11 is 0. The number of hydrogen-bond donors (Lipinski definition) is 1. The average molecular weight is 241 g/mol. The molecule has 2 nitrogen and oxygen atoms in total. The Kier molecular flexibility index (Phi) is 6.50. The first-order chi connectivity index (χ1) is 8.06. The van der Waals surface area contributed by atoms with E-state index in [1.807, 2.05) is 0 Å². The van der Waals surface area contributed by atoms with Gasteiger partial charge in [-0.1, -0.05) is 33.6 Å². The van der Waals surface area contributed by atoms with Crippen LogP contribution in [0.4, 0.5) is 0 Å². The fourth-order valence-corrected chi connectivity index (χ4v) is 3.21. The van der Waals surface area contributed by atoms with Gasteiger partial charge in [-0.25, -0.2) is 0 Å². The van der Waals surface area contributed by atoms with E-state index in [2.05, 4.69) is 32.7 Å². The molecule has 1 fully saturated rings. The highest BCUT2D eigenvalue weighted by molar-refractivity contribution is 4.87. The van der Waals surface area contributed by atoms with E-state index in [0.29, 0.717) is 6.04 Å². The molecule has 1 aliphatic rings. The maximum absolute atomic E-state index is 9.87. The van der Waals surface area contributed by atoms with Crippen LogP contribution in [-0.2, 0) is 0 Å². The summed E-state index contributed by atoms with van der Waals surface area (Å²) in [6.45, 7) is 8.10. The van der Waals surface area contributed by atoms with E-state index in [4.69, 9.17) is 0 Å². The lowest BCUT2D eigenvalue weighted by molar-refractivity contribution is 0.0217. The second kappa shape index (κ2) is 7.38. The summed E-state index contributed by atoms with van der Waals surface area (Å²) in [7, 11) is 2.24. The van der Waals surface area contributed by atoms with Crippen LogP contribution >= 0.6 is 0 Å². The van der Waals surface area contributed by atoms with Crippen molar-refractivity contribution in [3.8, 4) is 0 Å². The molecule has 0 heterocycles. The molecule has 0 amide bonds. The standard InChI is InChI=1S/C15H31NO/c1-5-6-7-10-16(4)15-11-13(17)8-9-14(15)12(2)3/h12-15,17H,5-11H2,1-4H3. The van der Waals surface area contributed by atoms with Crippen molar-refractivity contribution >= 4 is 0 Å². The number of hydrogen-bond acceptors (Lipinski definition) is 2. The van der Waals surface area contributed by atoms with Gasteiger partial charge in [0.1, 0.15) is 0 Å². The number of aliphatic hydroxyl groups excluding tert-OH is 1. The van der Waals surface area contributed by atoms with Gasteiger partial charge in [0.25, 0.3) is 0 Å².